The van der Waals surface area contributed by atoms with Crippen molar-refractivity contribution < 1.29 is 4.42 Å². The normalized spacial score (nSPS) is 12.1. The van der Waals surface area contributed by atoms with Crippen molar-refractivity contribution >= 4 is 0 Å². The average Bonchev–Trinajstić information content (AvgIpc) is 2.78. The van der Waals surface area contributed by atoms with E-state index in [4.69, 9.17) is 15.4 Å². The first kappa shape index (κ1) is 10.3. The molecular formula is C11H10N4O. The van der Waals surface area contributed by atoms with Crippen molar-refractivity contribution in [1.82, 2.24) is 10.2 Å². The van der Waals surface area contributed by atoms with Gasteiger partial charge in [-0.25, -0.2) is 0 Å². The van der Waals surface area contributed by atoms with Crippen LogP contribution in [0.4, 0.5) is 0 Å². The molecule has 1 heterocycles. The lowest BCUT2D eigenvalue weighted by Gasteiger charge is -1.96. The number of rotatable bonds is 2. The zero-order valence-electron chi connectivity index (χ0n) is 8.71. The van der Waals surface area contributed by atoms with Gasteiger partial charge in [-0.05, 0) is 31.2 Å². The number of hydrogen-bond donors (Lipinski definition) is 1. The minimum atomic E-state index is -0.278. The summed E-state index contributed by atoms with van der Waals surface area (Å²) in [5.41, 5.74) is 6.98. The third kappa shape index (κ3) is 1.92. The summed E-state index contributed by atoms with van der Waals surface area (Å²) in [6, 6.07) is 8.69. The van der Waals surface area contributed by atoms with E-state index in [0.29, 0.717) is 17.3 Å². The second kappa shape index (κ2) is 4.13. The molecule has 80 valence electrons. The van der Waals surface area contributed by atoms with Crippen molar-refractivity contribution in [3.63, 3.8) is 0 Å². The van der Waals surface area contributed by atoms with Gasteiger partial charge < -0.3 is 10.2 Å². The fourth-order valence-electron chi connectivity index (χ4n) is 1.22. The molecule has 2 N–H and O–H groups in total. The zero-order valence-corrected chi connectivity index (χ0v) is 8.71. The minimum absolute atomic E-state index is 0.278. The van der Waals surface area contributed by atoms with Crippen LogP contribution in [0, 0.1) is 11.3 Å². The van der Waals surface area contributed by atoms with E-state index in [2.05, 4.69) is 10.2 Å². The third-order valence-corrected chi connectivity index (χ3v) is 2.09. The molecule has 1 atom stereocenters. The Morgan fingerprint density at radius 3 is 2.50 bits per heavy atom. The molecule has 1 aromatic heterocycles. The van der Waals surface area contributed by atoms with Crippen LogP contribution in [-0.4, -0.2) is 10.2 Å². The fraction of sp³-hybridized carbons (Fsp3) is 0.182. The third-order valence-electron chi connectivity index (χ3n) is 2.09. The van der Waals surface area contributed by atoms with Crippen molar-refractivity contribution in [2.24, 2.45) is 5.73 Å². The van der Waals surface area contributed by atoms with Crippen LogP contribution >= 0.6 is 0 Å². The van der Waals surface area contributed by atoms with Crippen molar-refractivity contribution in [3.8, 4) is 17.5 Å². The Balaban J connectivity index is 2.32. The van der Waals surface area contributed by atoms with Gasteiger partial charge >= 0.3 is 0 Å². The second-order valence-electron chi connectivity index (χ2n) is 3.42. The summed E-state index contributed by atoms with van der Waals surface area (Å²) >= 11 is 0. The molecule has 5 nitrogen and oxygen atoms in total. The lowest BCUT2D eigenvalue weighted by Crippen LogP contribution is -2.04. The lowest BCUT2D eigenvalue weighted by atomic mass is 10.1. The molecule has 16 heavy (non-hydrogen) atoms. The van der Waals surface area contributed by atoms with Crippen LogP contribution in [-0.2, 0) is 0 Å². The predicted molar refractivity (Wildman–Crippen MR) is 57.1 cm³/mol. The number of hydrogen-bond acceptors (Lipinski definition) is 5. The standard InChI is InChI=1S/C11H10N4O/c1-7(13)10-14-15-11(16-10)9-4-2-8(6-12)3-5-9/h2-5,7H,13H2,1H3. The number of nitriles is 1. The molecule has 0 spiro atoms. The summed E-state index contributed by atoms with van der Waals surface area (Å²) in [6.45, 7) is 1.77. The molecule has 0 aliphatic rings. The van der Waals surface area contributed by atoms with E-state index in [1.165, 1.54) is 0 Å². The number of benzene rings is 1. The first-order valence-electron chi connectivity index (χ1n) is 4.80. The van der Waals surface area contributed by atoms with Crippen molar-refractivity contribution in [1.29, 1.82) is 5.26 Å². The Labute approximate surface area is 92.5 Å². The summed E-state index contributed by atoms with van der Waals surface area (Å²) in [6.07, 6.45) is 0. The molecule has 0 bridgehead atoms. The van der Waals surface area contributed by atoms with E-state index in [9.17, 15) is 0 Å². The highest BCUT2D eigenvalue weighted by Crippen LogP contribution is 2.19. The molecule has 0 saturated heterocycles. The van der Waals surface area contributed by atoms with E-state index in [-0.39, 0.29) is 6.04 Å². The van der Waals surface area contributed by atoms with E-state index in [0.717, 1.165) is 5.56 Å². The maximum atomic E-state index is 8.66. The Morgan fingerprint density at radius 2 is 2.00 bits per heavy atom. The molecule has 0 aliphatic carbocycles. The Bertz CT molecular complexity index is 522. The molecule has 5 heteroatoms. The molecule has 0 radical (unpaired) electrons. The van der Waals surface area contributed by atoms with Gasteiger partial charge in [-0.15, -0.1) is 10.2 Å². The van der Waals surface area contributed by atoms with Gasteiger partial charge in [0, 0.05) is 5.56 Å². The quantitative estimate of drug-likeness (QED) is 0.820. The summed E-state index contributed by atoms with van der Waals surface area (Å²) in [5, 5.41) is 16.4. The van der Waals surface area contributed by atoms with Gasteiger partial charge in [-0.1, -0.05) is 0 Å². The molecule has 1 unspecified atom stereocenters. The average molecular weight is 214 g/mol. The van der Waals surface area contributed by atoms with Gasteiger partial charge in [-0.2, -0.15) is 5.26 Å². The van der Waals surface area contributed by atoms with Crippen LogP contribution in [0.3, 0.4) is 0 Å². The number of aromatic nitrogens is 2. The number of nitrogens with two attached hydrogens (primary N) is 1. The molecule has 0 fully saturated rings. The summed E-state index contributed by atoms with van der Waals surface area (Å²) < 4.78 is 5.37. The van der Waals surface area contributed by atoms with Crippen molar-refractivity contribution in [3.05, 3.63) is 35.7 Å². The van der Waals surface area contributed by atoms with Crippen LogP contribution in [0.25, 0.3) is 11.5 Å². The van der Waals surface area contributed by atoms with E-state index >= 15 is 0 Å². The predicted octanol–water partition coefficient (Wildman–Crippen LogP) is 1.63. The molecule has 2 aromatic rings. The largest absolute Gasteiger partial charge is 0.419 e. The second-order valence-corrected chi connectivity index (χ2v) is 3.42. The van der Waals surface area contributed by atoms with E-state index in [1.807, 2.05) is 6.07 Å². The van der Waals surface area contributed by atoms with Crippen LogP contribution in [0.15, 0.2) is 28.7 Å². The monoisotopic (exact) mass is 214 g/mol. The summed E-state index contributed by atoms with van der Waals surface area (Å²) in [7, 11) is 0. The number of nitrogens with zero attached hydrogens (tertiary/aromatic N) is 3. The highest BCUT2D eigenvalue weighted by Gasteiger charge is 2.11. The van der Waals surface area contributed by atoms with Gasteiger partial charge in [0.1, 0.15) is 0 Å². The van der Waals surface area contributed by atoms with E-state index in [1.54, 1.807) is 31.2 Å². The maximum Gasteiger partial charge on any atom is 0.247 e. The summed E-state index contributed by atoms with van der Waals surface area (Å²) in [4.78, 5) is 0. The fourth-order valence-corrected chi connectivity index (χ4v) is 1.22. The molecule has 0 amide bonds. The lowest BCUT2D eigenvalue weighted by molar-refractivity contribution is 0.473. The maximum absolute atomic E-state index is 8.66. The van der Waals surface area contributed by atoms with Gasteiger partial charge in [0.05, 0.1) is 17.7 Å². The van der Waals surface area contributed by atoms with Gasteiger partial charge in [0.15, 0.2) is 0 Å². The van der Waals surface area contributed by atoms with Crippen molar-refractivity contribution in [2.45, 2.75) is 13.0 Å². The Kier molecular flexibility index (Phi) is 2.66. The highest BCUT2D eigenvalue weighted by atomic mass is 16.4. The zero-order chi connectivity index (χ0) is 11.5. The highest BCUT2D eigenvalue weighted by molar-refractivity contribution is 5.54. The first-order valence-corrected chi connectivity index (χ1v) is 4.80. The minimum Gasteiger partial charge on any atom is -0.419 e. The molecule has 2 rings (SSSR count). The van der Waals surface area contributed by atoms with Gasteiger partial charge in [-0.3, -0.25) is 0 Å². The Morgan fingerprint density at radius 1 is 1.31 bits per heavy atom. The summed E-state index contributed by atoms with van der Waals surface area (Å²) in [5.74, 6) is 0.816. The van der Waals surface area contributed by atoms with Crippen molar-refractivity contribution in [2.75, 3.05) is 0 Å². The SMILES string of the molecule is CC(N)c1nnc(-c2ccc(C#N)cc2)o1. The van der Waals surface area contributed by atoms with Crippen LogP contribution in [0.2, 0.25) is 0 Å². The molecule has 0 saturated carbocycles. The smallest absolute Gasteiger partial charge is 0.247 e. The first-order chi connectivity index (χ1) is 7.70. The van der Waals surface area contributed by atoms with Crippen LogP contribution < -0.4 is 5.73 Å². The molecular weight excluding hydrogens is 204 g/mol. The van der Waals surface area contributed by atoms with Gasteiger partial charge in [0.25, 0.3) is 0 Å². The van der Waals surface area contributed by atoms with Crippen LogP contribution in [0.5, 0.6) is 0 Å². The van der Waals surface area contributed by atoms with E-state index < -0.39 is 0 Å². The topological polar surface area (TPSA) is 88.7 Å². The van der Waals surface area contributed by atoms with Crippen LogP contribution in [0.1, 0.15) is 24.4 Å². The van der Waals surface area contributed by atoms with Gasteiger partial charge in [0.2, 0.25) is 11.8 Å². The Hall–Kier alpha value is -2.19. The molecule has 1 aromatic carbocycles. The molecule has 0 aliphatic heterocycles.